The first-order valence-electron chi connectivity index (χ1n) is 6.77. The van der Waals surface area contributed by atoms with E-state index in [1.807, 2.05) is 36.6 Å². The summed E-state index contributed by atoms with van der Waals surface area (Å²) >= 11 is 1.32. The predicted molar refractivity (Wildman–Crippen MR) is 81.2 cm³/mol. The number of aromatic nitrogens is 2. The smallest absolute Gasteiger partial charge is 0.244 e. The summed E-state index contributed by atoms with van der Waals surface area (Å²) in [7, 11) is 0. The summed E-state index contributed by atoms with van der Waals surface area (Å²) in [5.74, 6) is -0.0784. The van der Waals surface area contributed by atoms with Crippen molar-refractivity contribution >= 4 is 23.1 Å². The Morgan fingerprint density at radius 1 is 1.43 bits per heavy atom. The van der Waals surface area contributed by atoms with Gasteiger partial charge >= 0.3 is 0 Å². The second-order valence-corrected chi connectivity index (χ2v) is 5.47. The first-order chi connectivity index (χ1) is 10.2. The minimum Gasteiger partial charge on any atom is -0.375 e. The molecule has 0 unspecified atom stereocenters. The maximum atomic E-state index is 12.2. The standard InChI is InChI=1S/C14H16N4O2S/c1-9-13(15-6-7-20-9)14(19)16-11-4-2-10(3-5-11)12-8-21-18-17-12/h2-5,8-9,13,15H,6-7H2,1H3,(H,16,19)/t9-,13+/m1/s1. The van der Waals surface area contributed by atoms with Crippen molar-refractivity contribution in [2.75, 3.05) is 18.5 Å². The Balaban J connectivity index is 1.66. The number of carbonyl (C=O) groups excluding carboxylic acids is 1. The second kappa shape index (κ2) is 6.30. The van der Waals surface area contributed by atoms with E-state index in [2.05, 4.69) is 20.2 Å². The van der Waals surface area contributed by atoms with Crippen LogP contribution in [0.5, 0.6) is 0 Å². The Morgan fingerprint density at radius 3 is 2.90 bits per heavy atom. The summed E-state index contributed by atoms with van der Waals surface area (Å²) in [6.45, 7) is 3.23. The number of morpholine rings is 1. The molecule has 2 N–H and O–H groups in total. The summed E-state index contributed by atoms with van der Waals surface area (Å²) in [6.07, 6.45) is -0.126. The van der Waals surface area contributed by atoms with Gasteiger partial charge in [-0.3, -0.25) is 4.79 Å². The van der Waals surface area contributed by atoms with Gasteiger partial charge in [0.15, 0.2) is 0 Å². The van der Waals surface area contributed by atoms with Crippen LogP contribution in [0.2, 0.25) is 0 Å². The molecule has 0 aliphatic carbocycles. The van der Waals surface area contributed by atoms with E-state index < -0.39 is 0 Å². The third-order valence-corrected chi connectivity index (χ3v) is 3.91. The van der Waals surface area contributed by atoms with Crippen LogP contribution in [0.4, 0.5) is 5.69 Å². The van der Waals surface area contributed by atoms with Crippen LogP contribution in [-0.2, 0) is 9.53 Å². The van der Waals surface area contributed by atoms with E-state index in [0.29, 0.717) is 13.2 Å². The molecule has 2 heterocycles. The predicted octanol–water partition coefficient (Wildman–Crippen LogP) is 1.52. The van der Waals surface area contributed by atoms with Gasteiger partial charge in [0.05, 0.1) is 12.7 Å². The van der Waals surface area contributed by atoms with Crippen LogP contribution < -0.4 is 10.6 Å². The fraction of sp³-hybridized carbons (Fsp3) is 0.357. The van der Waals surface area contributed by atoms with Crippen LogP contribution in [0, 0.1) is 0 Å². The highest BCUT2D eigenvalue weighted by Crippen LogP contribution is 2.20. The molecule has 1 fully saturated rings. The Morgan fingerprint density at radius 2 is 2.24 bits per heavy atom. The highest BCUT2D eigenvalue weighted by Gasteiger charge is 2.28. The molecular formula is C14H16N4O2S. The van der Waals surface area contributed by atoms with Gasteiger partial charge in [-0.25, -0.2) is 0 Å². The molecule has 110 valence electrons. The molecule has 21 heavy (non-hydrogen) atoms. The number of hydrogen-bond acceptors (Lipinski definition) is 6. The molecule has 1 aromatic heterocycles. The number of nitrogens with zero attached hydrogens (tertiary/aromatic N) is 2. The van der Waals surface area contributed by atoms with Gasteiger partial charge in [0, 0.05) is 23.2 Å². The number of hydrogen-bond donors (Lipinski definition) is 2. The van der Waals surface area contributed by atoms with Crippen molar-refractivity contribution in [2.45, 2.75) is 19.1 Å². The van der Waals surface area contributed by atoms with Crippen LogP contribution in [0.25, 0.3) is 11.3 Å². The molecule has 7 heteroatoms. The molecule has 3 rings (SSSR count). The van der Waals surface area contributed by atoms with Crippen molar-refractivity contribution in [3.05, 3.63) is 29.6 Å². The number of carbonyl (C=O) groups is 1. The largest absolute Gasteiger partial charge is 0.375 e. The normalized spacial score (nSPS) is 22.0. The quantitative estimate of drug-likeness (QED) is 0.899. The van der Waals surface area contributed by atoms with Crippen molar-refractivity contribution in [1.82, 2.24) is 14.9 Å². The SMILES string of the molecule is C[C@H]1OCCN[C@@H]1C(=O)Nc1ccc(-c2csnn2)cc1. The highest BCUT2D eigenvalue weighted by molar-refractivity contribution is 7.03. The topological polar surface area (TPSA) is 76.1 Å². The maximum Gasteiger partial charge on any atom is 0.244 e. The summed E-state index contributed by atoms with van der Waals surface area (Å²) in [5.41, 5.74) is 2.58. The zero-order valence-corrected chi connectivity index (χ0v) is 12.4. The van der Waals surface area contributed by atoms with E-state index in [9.17, 15) is 4.79 Å². The van der Waals surface area contributed by atoms with Crippen molar-refractivity contribution in [3.63, 3.8) is 0 Å². The Kier molecular flexibility index (Phi) is 4.23. The molecule has 2 aromatic rings. The van der Waals surface area contributed by atoms with Crippen LogP contribution in [-0.4, -0.2) is 40.8 Å². The lowest BCUT2D eigenvalue weighted by Crippen LogP contribution is -2.53. The van der Waals surface area contributed by atoms with Crippen molar-refractivity contribution in [2.24, 2.45) is 0 Å². The van der Waals surface area contributed by atoms with Gasteiger partial charge in [-0.05, 0) is 30.6 Å². The maximum absolute atomic E-state index is 12.2. The third kappa shape index (κ3) is 3.26. The van der Waals surface area contributed by atoms with E-state index in [4.69, 9.17) is 4.74 Å². The second-order valence-electron chi connectivity index (χ2n) is 4.86. The van der Waals surface area contributed by atoms with E-state index >= 15 is 0 Å². The highest BCUT2D eigenvalue weighted by atomic mass is 32.1. The monoisotopic (exact) mass is 304 g/mol. The molecular weight excluding hydrogens is 288 g/mol. The zero-order chi connectivity index (χ0) is 14.7. The van der Waals surface area contributed by atoms with Gasteiger partial charge in [-0.15, -0.1) is 5.10 Å². The number of amides is 1. The van der Waals surface area contributed by atoms with Crippen LogP contribution in [0.15, 0.2) is 29.6 Å². The summed E-state index contributed by atoms with van der Waals surface area (Å²) in [4.78, 5) is 12.2. The summed E-state index contributed by atoms with van der Waals surface area (Å²) in [6, 6.07) is 7.24. The molecule has 6 nitrogen and oxygen atoms in total. The van der Waals surface area contributed by atoms with E-state index in [1.54, 1.807) is 0 Å². The number of anilines is 1. The molecule has 1 aliphatic heterocycles. The third-order valence-electron chi connectivity index (χ3n) is 3.41. The van der Waals surface area contributed by atoms with Gasteiger partial charge in [0.25, 0.3) is 0 Å². The first-order valence-corrected chi connectivity index (χ1v) is 7.61. The Bertz CT molecular complexity index is 600. The van der Waals surface area contributed by atoms with Gasteiger partial charge in [-0.2, -0.15) is 0 Å². The number of benzene rings is 1. The first kappa shape index (κ1) is 14.1. The van der Waals surface area contributed by atoms with Crippen molar-refractivity contribution in [1.29, 1.82) is 0 Å². The van der Waals surface area contributed by atoms with Gasteiger partial charge in [0.2, 0.25) is 5.91 Å². The molecule has 1 aromatic carbocycles. The number of nitrogens with one attached hydrogen (secondary N) is 2. The fourth-order valence-corrected chi connectivity index (χ4v) is 2.73. The van der Waals surface area contributed by atoms with Crippen LogP contribution in [0.1, 0.15) is 6.92 Å². The number of rotatable bonds is 3. The van der Waals surface area contributed by atoms with Crippen LogP contribution in [0.3, 0.4) is 0 Å². The van der Waals surface area contributed by atoms with E-state index in [0.717, 1.165) is 16.9 Å². The van der Waals surface area contributed by atoms with E-state index in [-0.39, 0.29) is 18.1 Å². The van der Waals surface area contributed by atoms with Crippen molar-refractivity contribution < 1.29 is 9.53 Å². The van der Waals surface area contributed by atoms with Gasteiger partial charge in [0.1, 0.15) is 11.7 Å². The average molecular weight is 304 g/mol. The summed E-state index contributed by atoms with van der Waals surface area (Å²) in [5, 5.41) is 12.0. The zero-order valence-electron chi connectivity index (χ0n) is 11.6. The molecule has 0 saturated carbocycles. The molecule has 0 spiro atoms. The molecule has 1 amide bonds. The Labute approximate surface area is 126 Å². The average Bonchev–Trinajstić information content (AvgIpc) is 3.02. The fourth-order valence-electron chi connectivity index (χ4n) is 2.26. The summed E-state index contributed by atoms with van der Waals surface area (Å²) < 4.78 is 9.32. The lowest BCUT2D eigenvalue weighted by molar-refractivity contribution is -0.123. The number of ether oxygens (including phenoxy) is 1. The lowest BCUT2D eigenvalue weighted by Gasteiger charge is -2.29. The Hall–Kier alpha value is -1.83. The van der Waals surface area contributed by atoms with E-state index in [1.165, 1.54) is 11.5 Å². The van der Waals surface area contributed by atoms with Crippen molar-refractivity contribution in [3.8, 4) is 11.3 Å². The van der Waals surface area contributed by atoms with Gasteiger partial charge in [-0.1, -0.05) is 16.6 Å². The molecule has 2 atom stereocenters. The minimum atomic E-state index is -0.318. The molecule has 1 saturated heterocycles. The minimum absolute atomic E-state index is 0.0784. The molecule has 1 aliphatic rings. The molecule has 0 radical (unpaired) electrons. The van der Waals surface area contributed by atoms with Gasteiger partial charge < -0.3 is 15.4 Å². The lowest BCUT2D eigenvalue weighted by atomic mass is 10.1. The van der Waals surface area contributed by atoms with Crippen LogP contribution >= 0.6 is 11.5 Å². The molecule has 0 bridgehead atoms.